The van der Waals surface area contributed by atoms with Gasteiger partial charge >= 0.3 is 0 Å². The third-order valence-electron chi connectivity index (χ3n) is 6.16. The van der Waals surface area contributed by atoms with Gasteiger partial charge in [-0.1, -0.05) is 24.3 Å². The van der Waals surface area contributed by atoms with Crippen LogP contribution in [0.5, 0.6) is 0 Å². The second kappa shape index (κ2) is 15.9. The summed E-state index contributed by atoms with van der Waals surface area (Å²) in [5.74, 6) is -0.913. The molecular weight excluding hydrogens is 499 g/mol. The van der Waals surface area contributed by atoms with Crippen molar-refractivity contribution in [2.24, 2.45) is 10.7 Å². The molecule has 0 aromatic heterocycles. The maximum absolute atomic E-state index is 13.9. The average molecular weight is 535 g/mol. The van der Waals surface area contributed by atoms with E-state index in [9.17, 15) is 18.8 Å². The van der Waals surface area contributed by atoms with Gasteiger partial charge in [-0.3, -0.25) is 19.4 Å². The number of benzene rings is 2. The highest BCUT2D eigenvalue weighted by Gasteiger charge is 2.43. The Hall–Kier alpha value is -4.20. The van der Waals surface area contributed by atoms with E-state index in [1.165, 1.54) is 12.3 Å². The number of nitrogens with zero attached hydrogens (tertiary/aromatic N) is 2. The standard InChI is InChI=1S/C16H20FN3.C10H9NO3.C3H6N2/c1-19-16(4-5-16)13-6-11(7-14(17)8-13)12(9-18)10-20-15-2-3-15;12-6-9-4-2-1-3-8(9)5-11-10(14)7-13;1-5-3-2-4/h6-10,15,19H,2-5,18H2,1H3;1-4,6-7H,5H2,(H,11,14);5H,3H2,1H3/b12-9+,20-10?;;. The van der Waals surface area contributed by atoms with Crippen LogP contribution in [0.1, 0.15) is 52.7 Å². The molecule has 39 heavy (non-hydrogen) atoms. The van der Waals surface area contributed by atoms with Crippen LogP contribution in [-0.2, 0) is 21.7 Å². The van der Waals surface area contributed by atoms with Gasteiger partial charge in [0, 0.05) is 35.6 Å². The Labute approximate surface area is 228 Å². The Morgan fingerprint density at radius 1 is 1.21 bits per heavy atom. The zero-order valence-electron chi connectivity index (χ0n) is 22.2. The van der Waals surface area contributed by atoms with Crippen molar-refractivity contribution in [2.75, 3.05) is 20.6 Å². The zero-order valence-corrected chi connectivity index (χ0v) is 22.2. The van der Waals surface area contributed by atoms with Crippen molar-refractivity contribution in [3.8, 4) is 6.07 Å². The van der Waals surface area contributed by atoms with E-state index in [1.807, 2.05) is 19.2 Å². The first-order chi connectivity index (χ1) is 18.9. The monoisotopic (exact) mass is 534 g/mol. The molecule has 2 aliphatic carbocycles. The molecule has 0 unspecified atom stereocenters. The van der Waals surface area contributed by atoms with Crippen LogP contribution in [0.4, 0.5) is 4.39 Å². The van der Waals surface area contributed by atoms with Gasteiger partial charge in [-0.25, -0.2) is 4.39 Å². The predicted octanol–water partition coefficient (Wildman–Crippen LogP) is 2.61. The highest BCUT2D eigenvalue weighted by Crippen LogP contribution is 2.45. The topological polar surface area (TPSA) is 149 Å². The Morgan fingerprint density at radius 2 is 1.92 bits per heavy atom. The molecule has 0 spiro atoms. The van der Waals surface area contributed by atoms with Gasteiger partial charge < -0.3 is 21.7 Å². The van der Waals surface area contributed by atoms with Gasteiger partial charge in [0.05, 0.1) is 18.7 Å². The van der Waals surface area contributed by atoms with Crippen LogP contribution in [0.25, 0.3) is 5.57 Å². The fourth-order valence-electron chi connectivity index (χ4n) is 3.58. The number of hydrogen-bond donors (Lipinski definition) is 4. The third kappa shape index (κ3) is 10.2. The number of hydrogen-bond acceptors (Lipinski definition) is 8. The number of aldehydes is 2. The van der Waals surface area contributed by atoms with Crippen LogP contribution in [0.2, 0.25) is 0 Å². The van der Waals surface area contributed by atoms with E-state index in [0.29, 0.717) is 30.0 Å². The van der Waals surface area contributed by atoms with Crippen molar-refractivity contribution in [2.45, 2.75) is 43.8 Å². The van der Waals surface area contributed by atoms with Crippen LogP contribution in [-0.4, -0.2) is 51.4 Å². The largest absolute Gasteiger partial charge is 0.404 e. The van der Waals surface area contributed by atoms with Gasteiger partial charge in [0.2, 0.25) is 6.29 Å². The molecule has 9 nitrogen and oxygen atoms in total. The van der Waals surface area contributed by atoms with E-state index in [-0.39, 0.29) is 24.2 Å². The molecule has 2 saturated carbocycles. The SMILES string of the molecule is CNC1(c2cc(F)cc(/C(C=NC3CC3)=C/N)c2)CC1.CNCC#N.O=CC(=O)NCc1ccccc1C=O. The highest BCUT2D eigenvalue weighted by atomic mass is 19.1. The normalized spacial score (nSPS) is 15.1. The molecule has 2 aliphatic rings. The van der Waals surface area contributed by atoms with Crippen LogP contribution in [0.15, 0.2) is 53.7 Å². The summed E-state index contributed by atoms with van der Waals surface area (Å²) in [7, 11) is 3.66. The summed E-state index contributed by atoms with van der Waals surface area (Å²) in [4.78, 5) is 35.6. The minimum atomic E-state index is -0.689. The third-order valence-corrected chi connectivity index (χ3v) is 6.16. The predicted molar refractivity (Wildman–Crippen MR) is 149 cm³/mol. The van der Waals surface area contributed by atoms with Gasteiger partial charge in [-0.2, -0.15) is 5.26 Å². The summed E-state index contributed by atoms with van der Waals surface area (Å²) in [5.41, 5.74) is 9.41. The van der Waals surface area contributed by atoms with Gasteiger partial charge in [0.25, 0.3) is 5.91 Å². The number of allylic oxidation sites excluding steroid dienone is 1. The van der Waals surface area contributed by atoms with Gasteiger partial charge in [0.1, 0.15) is 12.1 Å². The number of nitrogens with two attached hydrogens (primary N) is 1. The van der Waals surface area contributed by atoms with Gasteiger partial charge in [0.15, 0.2) is 0 Å². The fraction of sp³-hybridized carbons (Fsp3) is 0.345. The molecule has 0 saturated heterocycles. The van der Waals surface area contributed by atoms with Crippen molar-refractivity contribution in [1.29, 1.82) is 5.26 Å². The molecule has 0 bridgehead atoms. The van der Waals surface area contributed by atoms with Crippen molar-refractivity contribution in [3.63, 3.8) is 0 Å². The van der Waals surface area contributed by atoms with E-state index < -0.39 is 5.91 Å². The van der Waals surface area contributed by atoms with Crippen LogP contribution in [0, 0.1) is 17.1 Å². The number of aliphatic imine (C=N–C) groups is 1. The van der Waals surface area contributed by atoms with Crippen molar-refractivity contribution in [1.82, 2.24) is 16.0 Å². The lowest BCUT2D eigenvalue weighted by molar-refractivity contribution is -0.131. The van der Waals surface area contributed by atoms with Crippen molar-refractivity contribution >= 4 is 30.3 Å². The van der Waals surface area contributed by atoms with E-state index in [4.69, 9.17) is 11.0 Å². The Kier molecular flexibility index (Phi) is 12.7. The lowest BCUT2D eigenvalue weighted by atomic mass is 9.98. The summed E-state index contributed by atoms with van der Waals surface area (Å²) in [6, 6.07) is 14.3. The second-order valence-corrected chi connectivity index (χ2v) is 9.03. The highest BCUT2D eigenvalue weighted by molar-refractivity contribution is 6.23. The number of nitrogens with one attached hydrogen (secondary N) is 3. The van der Waals surface area contributed by atoms with Crippen molar-refractivity contribution < 1.29 is 18.8 Å². The summed E-state index contributed by atoms with van der Waals surface area (Å²) in [6.45, 7) is 0.631. The molecule has 5 N–H and O–H groups in total. The molecule has 10 heteroatoms. The number of halogens is 1. The van der Waals surface area contributed by atoms with Crippen LogP contribution in [0.3, 0.4) is 0 Å². The van der Waals surface area contributed by atoms with Crippen LogP contribution < -0.4 is 21.7 Å². The maximum atomic E-state index is 13.9. The van der Waals surface area contributed by atoms with Gasteiger partial charge in [-0.15, -0.1) is 0 Å². The quantitative estimate of drug-likeness (QED) is 0.158. The molecule has 2 aromatic rings. The summed E-state index contributed by atoms with van der Waals surface area (Å²) < 4.78 is 13.9. The number of rotatable bonds is 10. The first-order valence-electron chi connectivity index (χ1n) is 12.6. The molecule has 0 atom stereocenters. The smallest absolute Gasteiger partial charge is 0.284 e. The van der Waals surface area contributed by atoms with E-state index in [2.05, 4.69) is 20.9 Å². The van der Waals surface area contributed by atoms with E-state index in [1.54, 1.807) is 43.6 Å². The summed E-state index contributed by atoms with van der Waals surface area (Å²) in [6.07, 6.45) is 8.57. The minimum Gasteiger partial charge on any atom is -0.404 e. The Morgan fingerprint density at radius 3 is 2.44 bits per heavy atom. The number of nitriles is 1. The van der Waals surface area contributed by atoms with E-state index >= 15 is 0 Å². The molecule has 0 aliphatic heterocycles. The Balaban J connectivity index is 0.000000245. The summed E-state index contributed by atoms with van der Waals surface area (Å²) >= 11 is 0. The molecule has 2 aromatic carbocycles. The molecular formula is C29H35FN6O3. The van der Waals surface area contributed by atoms with Crippen LogP contribution >= 0.6 is 0 Å². The lowest BCUT2D eigenvalue weighted by Crippen LogP contribution is -2.24. The van der Waals surface area contributed by atoms with E-state index in [0.717, 1.165) is 42.4 Å². The maximum Gasteiger partial charge on any atom is 0.284 e. The number of carbonyl (C=O) groups excluding carboxylic acids is 3. The first-order valence-corrected chi connectivity index (χ1v) is 12.6. The molecule has 2 fully saturated rings. The average Bonchev–Trinajstić information content (AvgIpc) is 3.89. The van der Waals surface area contributed by atoms with Crippen molar-refractivity contribution in [3.05, 3.63) is 76.7 Å². The Bertz CT molecular complexity index is 1230. The minimum absolute atomic E-state index is 0.0514. The second-order valence-electron chi connectivity index (χ2n) is 9.03. The lowest BCUT2D eigenvalue weighted by Gasteiger charge is -2.16. The number of amides is 1. The molecule has 1 amide bonds. The zero-order chi connectivity index (χ0) is 28.7. The molecule has 0 heterocycles. The first kappa shape index (κ1) is 31.0. The molecule has 4 rings (SSSR count). The van der Waals surface area contributed by atoms with Gasteiger partial charge in [-0.05, 0) is 74.7 Å². The summed E-state index contributed by atoms with van der Waals surface area (Å²) in [5, 5.41) is 16.1. The number of carbonyl (C=O) groups is 3. The molecule has 0 radical (unpaired) electrons. The molecule has 206 valence electrons. The fourth-order valence-corrected chi connectivity index (χ4v) is 3.58.